The Morgan fingerprint density at radius 3 is 2.11 bits per heavy atom. The summed E-state index contributed by atoms with van der Waals surface area (Å²) in [6, 6.07) is 12.0. The van der Waals surface area contributed by atoms with E-state index in [0.717, 1.165) is 25.8 Å². The number of hydrogen-bond donors (Lipinski definition) is 1. The maximum atomic E-state index is 11.3. The molecule has 2 heterocycles. The zero-order valence-electron chi connectivity index (χ0n) is 17.5. The molecule has 0 spiro atoms. The molecular weight excluding hydrogens is 330 g/mol. The molecule has 0 radical (unpaired) electrons. The Labute approximate surface area is 167 Å². The average Bonchev–Trinajstić information content (AvgIpc) is 2.66. The summed E-state index contributed by atoms with van der Waals surface area (Å²) in [4.78, 5) is 2.71. The summed E-state index contributed by atoms with van der Waals surface area (Å²) in [6.07, 6.45) is 17.7. The highest BCUT2D eigenvalue weighted by molar-refractivity contribution is 5.15. The molecule has 27 heavy (non-hydrogen) atoms. The monoisotopic (exact) mass is 371 g/mol. The maximum Gasteiger partial charge on any atom is 0.0677 e. The molecule has 1 aromatic rings. The van der Waals surface area contributed by atoms with Crippen LogP contribution in [0.1, 0.15) is 102 Å². The predicted molar refractivity (Wildman–Crippen MR) is 115 cm³/mol. The molecule has 1 N–H and O–H groups in total. The van der Waals surface area contributed by atoms with Crippen molar-refractivity contribution in [2.45, 2.75) is 121 Å². The quantitative estimate of drug-likeness (QED) is 0.451. The van der Waals surface area contributed by atoms with Crippen LogP contribution in [0.2, 0.25) is 0 Å². The molecule has 2 atom stereocenters. The summed E-state index contributed by atoms with van der Waals surface area (Å²) < 4.78 is 0. The van der Waals surface area contributed by atoms with Gasteiger partial charge >= 0.3 is 0 Å². The van der Waals surface area contributed by atoms with E-state index in [0.29, 0.717) is 12.1 Å². The number of nitrogens with zero attached hydrogens (tertiary/aromatic N) is 1. The van der Waals surface area contributed by atoms with Crippen molar-refractivity contribution in [2.24, 2.45) is 0 Å². The molecule has 2 saturated heterocycles. The summed E-state index contributed by atoms with van der Waals surface area (Å²) in [5.41, 5.74) is 1.02. The van der Waals surface area contributed by atoms with Crippen LogP contribution in [0.15, 0.2) is 30.3 Å². The fraction of sp³-hybridized carbons (Fsp3) is 0.760. The lowest BCUT2D eigenvalue weighted by Gasteiger charge is -2.52. The molecule has 0 aliphatic carbocycles. The van der Waals surface area contributed by atoms with Gasteiger partial charge in [0.25, 0.3) is 0 Å². The highest BCUT2D eigenvalue weighted by Gasteiger charge is 2.44. The minimum absolute atomic E-state index is 0.398. The zero-order valence-corrected chi connectivity index (χ0v) is 17.5. The lowest BCUT2D eigenvalue weighted by atomic mass is 9.73. The number of fused-ring (bicyclic) bond motifs is 2. The number of benzene rings is 1. The first-order valence-corrected chi connectivity index (χ1v) is 11.7. The summed E-state index contributed by atoms with van der Waals surface area (Å²) in [5, 5.41) is 11.3. The molecule has 0 aromatic heterocycles. The molecule has 2 heteroatoms. The molecule has 2 bridgehead atoms. The van der Waals surface area contributed by atoms with Crippen LogP contribution in [-0.2, 0) is 6.54 Å². The number of rotatable bonds is 11. The first kappa shape index (κ1) is 20.9. The van der Waals surface area contributed by atoms with E-state index >= 15 is 0 Å². The molecule has 1 aromatic carbocycles. The van der Waals surface area contributed by atoms with Crippen molar-refractivity contribution in [2.75, 3.05) is 0 Å². The first-order chi connectivity index (χ1) is 13.2. The van der Waals surface area contributed by atoms with E-state index in [9.17, 15) is 5.11 Å². The average molecular weight is 372 g/mol. The fourth-order valence-electron chi connectivity index (χ4n) is 5.46. The second-order valence-corrected chi connectivity index (χ2v) is 9.25. The second kappa shape index (κ2) is 10.6. The third-order valence-electron chi connectivity index (χ3n) is 6.95. The van der Waals surface area contributed by atoms with Crippen molar-refractivity contribution in [3.05, 3.63) is 35.9 Å². The SMILES string of the molecule is CCCCCCCCCCC1(O)CC2CCCC(C1)N2Cc1ccccc1. The standard InChI is InChI=1S/C25H41NO/c1-2-3-4-5-6-7-8-12-18-25(27)19-23-16-13-17-24(20-25)26(23)21-22-14-10-9-11-15-22/h9-11,14-15,23-24,27H,2-8,12-13,16-21H2,1H3. The summed E-state index contributed by atoms with van der Waals surface area (Å²) in [7, 11) is 0. The Balaban J connectivity index is 1.43. The van der Waals surface area contributed by atoms with Crippen molar-refractivity contribution in [3.63, 3.8) is 0 Å². The minimum Gasteiger partial charge on any atom is -0.390 e. The number of hydrogen-bond acceptors (Lipinski definition) is 2. The third-order valence-corrected chi connectivity index (χ3v) is 6.95. The van der Waals surface area contributed by atoms with Crippen molar-refractivity contribution in [1.82, 2.24) is 4.90 Å². The Hall–Kier alpha value is -0.860. The molecule has 2 unspecified atom stereocenters. The molecule has 2 fully saturated rings. The van der Waals surface area contributed by atoms with Gasteiger partial charge < -0.3 is 5.11 Å². The van der Waals surface area contributed by atoms with E-state index in [1.54, 1.807) is 0 Å². The third kappa shape index (κ3) is 6.32. The van der Waals surface area contributed by atoms with Gasteiger partial charge in [0.2, 0.25) is 0 Å². The number of aliphatic hydroxyl groups is 1. The lowest BCUT2D eigenvalue weighted by Crippen LogP contribution is -2.57. The van der Waals surface area contributed by atoms with Crippen LogP contribution in [0, 0.1) is 0 Å². The van der Waals surface area contributed by atoms with Crippen LogP contribution in [0.5, 0.6) is 0 Å². The highest BCUT2D eigenvalue weighted by Crippen LogP contribution is 2.42. The lowest BCUT2D eigenvalue weighted by molar-refractivity contribution is -0.0999. The van der Waals surface area contributed by atoms with E-state index in [2.05, 4.69) is 42.2 Å². The first-order valence-electron chi connectivity index (χ1n) is 11.7. The van der Waals surface area contributed by atoms with Crippen LogP contribution in [-0.4, -0.2) is 27.7 Å². The van der Waals surface area contributed by atoms with Gasteiger partial charge in [-0.2, -0.15) is 0 Å². The largest absolute Gasteiger partial charge is 0.390 e. The van der Waals surface area contributed by atoms with Gasteiger partial charge in [-0.15, -0.1) is 0 Å². The molecule has 2 aliphatic rings. The second-order valence-electron chi connectivity index (χ2n) is 9.25. The summed E-state index contributed by atoms with van der Waals surface area (Å²) >= 11 is 0. The molecule has 2 aliphatic heterocycles. The van der Waals surface area contributed by atoms with Crippen molar-refractivity contribution in [3.8, 4) is 0 Å². The van der Waals surface area contributed by atoms with Crippen LogP contribution < -0.4 is 0 Å². The maximum absolute atomic E-state index is 11.3. The van der Waals surface area contributed by atoms with E-state index in [1.807, 2.05) is 0 Å². The van der Waals surface area contributed by atoms with Crippen LogP contribution in [0.3, 0.4) is 0 Å². The normalized spacial score (nSPS) is 28.4. The highest BCUT2D eigenvalue weighted by atomic mass is 16.3. The van der Waals surface area contributed by atoms with Gasteiger partial charge in [0, 0.05) is 18.6 Å². The molecular formula is C25H41NO. The van der Waals surface area contributed by atoms with Gasteiger partial charge in [-0.25, -0.2) is 0 Å². The Morgan fingerprint density at radius 2 is 1.48 bits per heavy atom. The molecule has 3 rings (SSSR count). The molecule has 0 saturated carbocycles. The summed E-state index contributed by atoms with van der Waals surface area (Å²) in [6.45, 7) is 3.34. The van der Waals surface area contributed by atoms with Gasteiger partial charge in [-0.05, 0) is 37.7 Å². The van der Waals surface area contributed by atoms with Crippen molar-refractivity contribution in [1.29, 1.82) is 0 Å². The van der Waals surface area contributed by atoms with Gasteiger partial charge in [0.05, 0.1) is 5.60 Å². The van der Waals surface area contributed by atoms with E-state index in [-0.39, 0.29) is 0 Å². The van der Waals surface area contributed by atoms with Gasteiger partial charge in [0.1, 0.15) is 0 Å². The van der Waals surface area contributed by atoms with Gasteiger partial charge in [-0.3, -0.25) is 4.90 Å². The van der Waals surface area contributed by atoms with Crippen LogP contribution in [0.4, 0.5) is 0 Å². The topological polar surface area (TPSA) is 23.5 Å². The van der Waals surface area contributed by atoms with E-state index in [4.69, 9.17) is 0 Å². The molecule has 152 valence electrons. The van der Waals surface area contributed by atoms with E-state index < -0.39 is 5.60 Å². The predicted octanol–water partition coefficient (Wildman–Crippen LogP) is 6.47. The Bertz CT molecular complexity index is 514. The van der Waals surface area contributed by atoms with Crippen molar-refractivity contribution < 1.29 is 5.11 Å². The fourth-order valence-corrected chi connectivity index (χ4v) is 5.46. The number of unbranched alkanes of at least 4 members (excludes halogenated alkanes) is 7. The van der Waals surface area contributed by atoms with Gasteiger partial charge in [0.15, 0.2) is 0 Å². The minimum atomic E-state index is -0.398. The van der Waals surface area contributed by atoms with Crippen molar-refractivity contribution >= 4 is 0 Å². The molecule has 0 amide bonds. The Kier molecular flexibility index (Phi) is 8.21. The van der Waals surface area contributed by atoms with Gasteiger partial charge in [-0.1, -0.05) is 95.0 Å². The van der Waals surface area contributed by atoms with Crippen LogP contribution >= 0.6 is 0 Å². The summed E-state index contributed by atoms with van der Waals surface area (Å²) in [5.74, 6) is 0. The zero-order chi connectivity index (χ0) is 19.0. The molecule has 2 nitrogen and oxygen atoms in total. The number of piperidine rings is 2. The van der Waals surface area contributed by atoms with E-state index in [1.165, 1.54) is 76.2 Å². The smallest absolute Gasteiger partial charge is 0.0677 e. The van der Waals surface area contributed by atoms with Crippen LogP contribution in [0.25, 0.3) is 0 Å². The Morgan fingerprint density at radius 1 is 0.889 bits per heavy atom.